The third-order valence-electron chi connectivity index (χ3n) is 6.01. The molecule has 5 N–H and O–H groups in total. The predicted molar refractivity (Wildman–Crippen MR) is 126 cm³/mol. The lowest BCUT2D eigenvalue weighted by molar-refractivity contribution is -0.122. The van der Waals surface area contributed by atoms with Crippen molar-refractivity contribution in [3.8, 4) is 0 Å². The number of nitrogens with one attached hydrogen (secondary N) is 1. The topological polar surface area (TPSA) is 127 Å². The molecule has 0 radical (unpaired) electrons. The van der Waals surface area contributed by atoms with Crippen LogP contribution < -0.4 is 5.32 Å². The molecule has 0 aliphatic heterocycles. The summed E-state index contributed by atoms with van der Waals surface area (Å²) in [7, 11) is 0. The monoisotopic (exact) mass is 459 g/mol. The number of hydrogen-bond donors (Lipinski definition) is 5. The number of amides is 1. The zero-order valence-corrected chi connectivity index (χ0v) is 19.1. The average molecular weight is 460 g/mol. The van der Waals surface area contributed by atoms with E-state index in [2.05, 4.69) is 5.32 Å². The van der Waals surface area contributed by atoms with E-state index in [-0.39, 0.29) is 43.7 Å². The van der Waals surface area contributed by atoms with Crippen molar-refractivity contribution in [2.24, 2.45) is 11.8 Å². The van der Waals surface area contributed by atoms with Gasteiger partial charge in [0, 0.05) is 24.7 Å². The molecule has 3 unspecified atom stereocenters. The van der Waals surface area contributed by atoms with Crippen LogP contribution in [0.1, 0.15) is 44.1 Å². The molecule has 0 heterocycles. The van der Waals surface area contributed by atoms with Crippen molar-refractivity contribution in [3.05, 3.63) is 60.2 Å². The minimum atomic E-state index is -0.696. The number of carbonyl (C=O) groups is 2. The van der Waals surface area contributed by atoms with Crippen LogP contribution >= 0.6 is 0 Å². The van der Waals surface area contributed by atoms with Crippen LogP contribution in [-0.4, -0.2) is 63.6 Å². The van der Waals surface area contributed by atoms with E-state index in [0.717, 1.165) is 12.0 Å². The van der Waals surface area contributed by atoms with Crippen molar-refractivity contribution in [2.45, 2.75) is 63.2 Å². The summed E-state index contributed by atoms with van der Waals surface area (Å²) in [5, 5.41) is 41.1. The number of allylic oxidation sites excluding steroid dienone is 3. The van der Waals surface area contributed by atoms with E-state index in [4.69, 9.17) is 10.2 Å². The Morgan fingerprint density at radius 1 is 1.15 bits per heavy atom. The number of benzene rings is 1. The van der Waals surface area contributed by atoms with E-state index >= 15 is 0 Å². The number of Topliss-reactive ketones (excluding diaryl/α,β-unsaturated/α-hetero) is 1. The molecule has 33 heavy (non-hydrogen) atoms. The van der Waals surface area contributed by atoms with Gasteiger partial charge in [-0.15, -0.1) is 0 Å². The van der Waals surface area contributed by atoms with Crippen molar-refractivity contribution in [1.82, 2.24) is 5.32 Å². The van der Waals surface area contributed by atoms with Crippen LogP contribution in [0.3, 0.4) is 0 Å². The standard InChI is InChI=1S/C26H37NO6/c28-17-20(18-29)27-26(33)11-7-2-1-6-10-22-23(25(32)16-24(22)31)15-14-21(30)13-12-19-8-4-3-5-9-19/h1,3-6,8-9,14-15,20-24,28-31H,2,7,10-13,16-18H2,(H,27,33)/b6-1-,15-14+/t21?,22?,23?,24-/m0/s1. The fraction of sp³-hybridized carbons (Fsp3) is 0.538. The number of hydrogen-bond acceptors (Lipinski definition) is 6. The minimum Gasteiger partial charge on any atom is -0.394 e. The third kappa shape index (κ3) is 9.60. The fourth-order valence-corrected chi connectivity index (χ4v) is 4.03. The number of unbranched alkanes of at least 4 members (excludes halogenated alkanes) is 1. The molecule has 7 heteroatoms. The molecule has 1 aliphatic rings. The lowest BCUT2D eigenvalue weighted by Gasteiger charge is -2.17. The molecule has 0 spiro atoms. The second-order valence-electron chi connectivity index (χ2n) is 8.63. The number of rotatable bonds is 14. The molecule has 182 valence electrons. The molecule has 1 amide bonds. The highest BCUT2D eigenvalue weighted by atomic mass is 16.3. The SMILES string of the molecule is O=C(CCC/C=C\CC1C(/C=C/C(O)CCc2ccccc2)C(=O)C[C@@H]1O)NC(CO)CO. The molecule has 4 atom stereocenters. The van der Waals surface area contributed by atoms with Crippen molar-refractivity contribution < 1.29 is 30.0 Å². The predicted octanol–water partition coefficient (Wildman–Crippen LogP) is 1.69. The fourth-order valence-electron chi connectivity index (χ4n) is 4.03. The number of ketones is 1. The zero-order chi connectivity index (χ0) is 24.1. The Kier molecular flexibility index (Phi) is 12.0. The Hall–Kier alpha value is -2.32. The van der Waals surface area contributed by atoms with Gasteiger partial charge < -0.3 is 25.7 Å². The van der Waals surface area contributed by atoms with Crippen LogP contribution in [0.25, 0.3) is 0 Å². The first-order valence-corrected chi connectivity index (χ1v) is 11.7. The van der Waals surface area contributed by atoms with Gasteiger partial charge in [0.15, 0.2) is 0 Å². The summed E-state index contributed by atoms with van der Waals surface area (Å²) in [6.45, 7) is -0.603. The lowest BCUT2D eigenvalue weighted by Crippen LogP contribution is -2.39. The van der Waals surface area contributed by atoms with Crippen LogP contribution in [0.2, 0.25) is 0 Å². The first kappa shape index (κ1) is 26.9. The van der Waals surface area contributed by atoms with E-state index in [0.29, 0.717) is 25.7 Å². The van der Waals surface area contributed by atoms with Crippen LogP contribution in [-0.2, 0) is 16.0 Å². The van der Waals surface area contributed by atoms with E-state index in [1.807, 2.05) is 42.5 Å². The maximum absolute atomic E-state index is 12.3. The molecule has 0 bridgehead atoms. The lowest BCUT2D eigenvalue weighted by atomic mass is 9.90. The molecular weight excluding hydrogens is 422 g/mol. The quantitative estimate of drug-likeness (QED) is 0.213. The average Bonchev–Trinajstić information content (AvgIpc) is 3.09. The molecule has 0 aromatic heterocycles. The van der Waals surface area contributed by atoms with Gasteiger partial charge in [0.1, 0.15) is 5.78 Å². The highest BCUT2D eigenvalue weighted by molar-refractivity contribution is 5.86. The van der Waals surface area contributed by atoms with Crippen molar-refractivity contribution >= 4 is 11.7 Å². The molecule has 1 aromatic rings. The van der Waals surface area contributed by atoms with E-state index in [9.17, 15) is 19.8 Å². The van der Waals surface area contributed by atoms with Gasteiger partial charge in [0.2, 0.25) is 5.91 Å². The summed E-state index contributed by atoms with van der Waals surface area (Å²) in [4.78, 5) is 24.1. The highest BCUT2D eigenvalue weighted by Crippen LogP contribution is 2.33. The summed E-state index contributed by atoms with van der Waals surface area (Å²) in [6, 6.07) is 9.29. The Labute approximate surface area is 195 Å². The van der Waals surface area contributed by atoms with E-state index in [1.165, 1.54) is 0 Å². The molecule has 1 aliphatic carbocycles. The summed E-state index contributed by atoms with van der Waals surface area (Å²) >= 11 is 0. The number of aliphatic hydroxyl groups excluding tert-OH is 4. The molecule has 0 saturated heterocycles. The molecule has 2 rings (SSSR count). The van der Waals surface area contributed by atoms with Crippen molar-refractivity contribution in [1.29, 1.82) is 0 Å². The van der Waals surface area contributed by atoms with Crippen LogP contribution in [0, 0.1) is 11.8 Å². The molecule has 7 nitrogen and oxygen atoms in total. The van der Waals surface area contributed by atoms with Gasteiger partial charge in [0.25, 0.3) is 0 Å². The third-order valence-corrected chi connectivity index (χ3v) is 6.01. The maximum atomic E-state index is 12.3. The Morgan fingerprint density at radius 2 is 1.88 bits per heavy atom. The van der Waals surface area contributed by atoms with Crippen LogP contribution in [0.4, 0.5) is 0 Å². The molecule has 1 fully saturated rings. The number of carbonyl (C=O) groups excluding carboxylic acids is 2. The van der Waals surface area contributed by atoms with Crippen molar-refractivity contribution in [2.75, 3.05) is 13.2 Å². The van der Waals surface area contributed by atoms with Gasteiger partial charge in [0.05, 0.1) is 31.5 Å². The maximum Gasteiger partial charge on any atom is 0.220 e. The second-order valence-corrected chi connectivity index (χ2v) is 8.63. The Balaban J connectivity index is 1.75. The summed E-state index contributed by atoms with van der Waals surface area (Å²) in [6.07, 6.45) is 9.52. The summed E-state index contributed by atoms with van der Waals surface area (Å²) < 4.78 is 0. The summed E-state index contributed by atoms with van der Waals surface area (Å²) in [5.41, 5.74) is 1.15. The molecule has 1 saturated carbocycles. The highest BCUT2D eigenvalue weighted by Gasteiger charge is 2.39. The first-order chi connectivity index (χ1) is 15.9. The van der Waals surface area contributed by atoms with Gasteiger partial charge >= 0.3 is 0 Å². The Morgan fingerprint density at radius 3 is 2.58 bits per heavy atom. The zero-order valence-electron chi connectivity index (χ0n) is 19.1. The molecule has 1 aromatic carbocycles. The normalized spacial score (nSPS) is 22.0. The van der Waals surface area contributed by atoms with Gasteiger partial charge in [-0.2, -0.15) is 0 Å². The van der Waals surface area contributed by atoms with E-state index < -0.39 is 24.2 Å². The largest absolute Gasteiger partial charge is 0.394 e. The molecular formula is C26H37NO6. The first-order valence-electron chi connectivity index (χ1n) is 11.7. The van der Waals surface area contributed by atoms with Gasteiger partial charge in [-0.3, -0.25) is 9.59 Å². The van der Waals surface area contributed by atoms with Gasteiger partial charge in [-0.1, -0.05) is 54.6 Å². The smallest absolute Gasteiger partial charge is 0.220 e. The van der Waals surface area contributed by atoms with Gasteiger partial charge in [-0.25, -0.2) is 0 Å². The van der Waals surface area contributed by atoms with Crippen LogP contribution in [0.5, 0.6) is 0 Å². The van der Waals surface area contributed by atoms with Crippen molar-refractivity contribution in [3.63, 3.8) is 0 Å². The van der Waals surface area contributed by atoms with Gasteiger partial charge in [-0.05, 0) is 37.7 Å². The number of aliphatic hydroxyl groups is 4. The van der Waals surface area contributed by atoms with Crippen LogP contribution in [0.15, 0.2) is 54.6 Å². The summed E-state index contributed by atoms with van der Waals surface area (Å²) in [5.74, 6) is -0.851. The van der Waals surface area contributed by atoms with E-state index in [1.54, 1.807) is 12.2 Å². The minimum absolute atomic E-state index is 0.00796. The second kappa shape index (κ2) is 14.8. The Bertz CT molecular complexity index is 774. The number of aryl methyl sites for hydroxylation is 1.